The lowest BCUT2D eigenvalue weighted by atomic mass is 9.82. The average molecular weight is 410 g/mol. The van der Waals surface area contributed by atoms with Crippen molar-refractivity contribution in [2.24, 2.45) is 5.92 Å². The van der Waals surface area contributed by atoms with Crippen molar-refractivity contribution in [1.82, 2.24) is 30.6 Å². The lowest BCUT2D eigenvalue weighted by molar-refractivity contribution is 0.0933. The maximum Gasteiger partial charge on any atom is 0.273 e. The number of carbonyl (C=O) groups excluding carboxylic acids is 1. The van der Waals surface area contributed by atoms with Gasteiger partial charge in [-0.1, -0.05) is 12.1 Å². The van der Waals surface area contributed by atoms with Gasteiger partial charge in [0.15, 0.2) is 5.69 Å². The molecule has 30 heavy (non-hydrogen) atoms. The Morgan fingerprint density at radius 2 is 2.00 bits per heavy atom. The first-order chi connectivity index (χ1) is 14.6. The fourth-order valence-electron chi connectivity index (χ4n) is 3.73. The third-order valence-electron chi connectivity index (χ3n) is 5.48. The minimum absolute atomic E-state index is 0.177. The van der Waals surface area contributed by atoms with Crippen LogP contribution in [-0.2, 0) is 6.42 Å². The predicted octanol–water partition coefficient (Wildman–Crippen LogP) is 3.48. The molecule has 0 unspecified atom stereocenters. The molecule has 9 heteroatoms. The van der Waals surface area contributed by atoms with E-state index in [4.69, 9.17) is 8.94 Å². The van der Waals surface area contributed by atoms with E-state index < -0.39 is 0 Å². The molecule has 0 spiro atoms. The standard InChI is InChI=1S/C21H26N6O3/c1-3-4-16-9-17(27-30-16)19(28)24-11-14-5-7-15(8-6-14)20-25-26-21(29-20)18-12-22-13(2)10-23-18/h9-10,12,14-15H,3-8,11H2,1-2H3,(H,24,28). The highest BCUT2D eigenvalue weighted by Gasteiger charge is 2.27. The normalized spacial score (nSPS) is 19.0. The Kier molecular flexibility index (Phi) is 6.15. The highest BCUT2D eigenvalue weighted by atomic mass is 16.5. The minimum atomic E-state index is -0.177. The number of aromatic nitrogens is 5. The van der Waals surface area contributed by atoms with Crippen LogP contribution in [0.15, 0.2) is 27.4 Å². The molecule has 9 nitrogen and oxygen atoms in total. The van der Waals surface area contributed by atoms with Crippen LogP contribution in [0.25, 0.3) is 11.6 Å². The van der Waals surface area contributed by atoms with Gasteiger partial charge >= 0.3 is 0 Å². The van der Waals surface area contributed by atoms with Gasteiger partial charge in [-0.05, 0) is 44.9 Å². The molecule has 1 fully saturated rings. The van der Waals surface area contributed by atoms with Crippen molar-refractivity contribution >= 4 is 5.91 Å². The van der Waals surface area contributed by atoms with Crippen molar-refractivity contribution in [2.75, 3.05) is 6.54 Å². The lowest BCUT2D eigenvalue weighted by Crippen LogP contribution is -2.31. The second-order valence-electron chi connectivity index (χ2n) is 7.84. The van der Waals surface area contributed by atoms with E-state index in [1.807, 2.05) is 6.92 Å². The maximum atomic E-state index is 12.3. The van der Waals surface area contributed by atoms with Crippen LogP contribution in [0, 0.1) is 12.8 Å². The van der Waals surface area contributed by atoms with Crippen molar-refractivity contribution in [2.45, 2.75) is 58.3 Å². The molecular weight excluding hydrogens is 384 g/mol. The second kappa shape index (κ2) is 9.15. The predicted molar refractivity (Wildman–Crippen MR) is 108 cm³/mol. The summed E-state index contributed by atoms with van der Waals surface area (Å²) in [6, 6.07) is 1.72. The third-order valence-corrected chi connectivity index (χ3v) is 5.48. The molecule has 3 heterocycles. The molecule has 0 radical (unpaired) electrons. The summed E-state index contributed by atoms with van der Waals surface area (Å²) < 4.78 is 11.0. The molecular formula is C21H26N6O3. The molecule has 0 bridgehead atoms. The number of nitrogens with zero attached hydrogens (tertiary/aromatic N) is 5. The smallest absolute Gasteiger partial charge is 0.273 e. The molecule has 0 aromatic carbocycles. The summed E-state index contributed by atoms with van der Waals surface area (Å²) in [6.45, 7) is 4.58. The zero-order valence-corrected chi connectivity index (χ0v) is 17.3. The first kappa shape index (κ1) is 20.2. The molecule has 0 atom stereocenters. The van der Waals surface area contributed by atoms with Gasteiger partial charge in [0.25, 0.3) is 11.8 Å². The Bertz CT molecular complexity index is 973. The number of aryl methyl sites for hydroxylation is 2. The summed E-state index contributed by atoms with van der Waals surface area (Å²) in [5.41, 5.74) is 1.78. The molecule has 3 aromatic rings. The number of rotatable bonds is 7. The highest BCUT2D eigenvalue weighted by Crippen LogP contribution is 2.35. The summed E-state index contributed by atoms with van der Waals surface area (Å²) in [4.78, 5) is 20.8. The maximum absolute atomic E-state index is 12.3. The van der Waals surface area contributed by atoms with Gasteiger partial charge in [-0.15, -0.1) is 10.2 Å². The second-order valence-corrected chi connectivity index (χ2v) is 7.84. The van der Waals surface area contributed by atoms with E-state index in [0.717, 1.165) is 50.0 Å². The molecule has 1 amide bonds. The Labute approximate surface area is 174 Å². The molecule has 0 aliphatic heterocycles. The Morgan fingerprint density at radius 3 is 2.73 bits per heavy atom. The van der Waals surface area contributed by atoms with Gasteiger partial charge < -0.3 is 14.3 Å². The van der Waals surface area contributed by atoms with Gasteiger partial charge in [-0.25, -0.2) is 4.98 Å². The summed E-state index contributed by atoms with van der Waals surface area (Å²) in [6.07, 6.45) is 8.96. The van der Waals surface area contributed by atoms with Crippen molar-refractivity contribution in [1.29, 1.82) is 0 Å². The van der Waals surface area contributed by atoms with Crippen LogP contribution < -0.4 is 5.32 Å². The van der Waals surface area contributed by atoms with E-state index in [0.29, 0.717) is 35.6 Å². The number of hydrogen-bond donors (Lipinski definition) is 1. The monoisotopic (exact) mass is 410 g/mol. The molecule has 1 aliphatic rings. The quantitative estimate of drug-likeness (QED) is 0.628. The topological polar surface area (TPSA) is 120 Å². The third kappa shape index (κ3) is 4.72. The highest BCUT2D eigenvalue weighted by molar-refractivity contribution is 5.92. The molecule has 1 saturated carbocycles. The van der Waals surface area contributed by atoms with Gasteiger partial charge in [0.1, 0.15) is 11.5 Å². The fourth-order valence-corrected chi connectivity index (χ4v) is 3.73. The molecule has 0 saturated heterocycles. The Balaban J connectivity index is 1.26. The van der Waals surface area contributed by atoms with Gasteiger partial charge in [-0.3, -0.25) is 9.78 Å². The molecule has 1 N–H and O–H groups in total. The average Bonchev–Trinajstić information content (AvgIpc) is 3.43. The molecule has 158 valence electrons. The zero-order valence-electron chi connectivity index (χ0n) is 17.3. The van der Waals surface area contributed by atoms with Crippen molar-refractivity contribution in [3.8, 4) is 11.6 Å². The number of amides is 1. The van der Waals surface area contributed by atoms with Crippen molar-refractivity contribution < 1.29 is 13.7 Å². The number of carbonyl (C=O) groups is 1. The van der Waals surface area contributed by atoms with Crippen LogP contribution in [0.2, 0.25) is 0 Å². The number of nitrogens with one attached hydrogen (secondary N) is 1. The largest absolute Gasteiger partial charge is 0.419 e. The SMILES string of the molecule is CCCc1cc(C(=O)NCC2CCC(c3nnc(-c4cnc(C)cn4)o3)CC2)no1. The minimum Gasteiger partial charge on any atom is -0.419 e. The first-order valence-electron chi connectivity index (χ1n) is 10.5. The van der Waals surface area contributed by atoms with Gasteiger partial charge in [0.2, 0.25) is 5.89 Å². The summed E-state index contributed by atoms with van der Waals surface area (Å²) >= 11 is 0. The van der Waals surface area contributed by atoms with Crippen LogP contribution >= 0.6 is 0 Å². The first-order valence-corrected chi connectivity index (χ1v) is 10.5. The molecule has 3 aromatic heterocycles. The molecule has 4 rings (SSSR count). The van der Waals surface area contributed by atoms with E-state index in [9.17, 15) is 4.79 Å². The van der Waals surface area contributed by atoms with Gasteiger partial charge in [-0.2, -0.15) is 0 Å². The van der Waals surface area contributed by atoms with Crippen molar-refractivity contribution in [3.05, 3.63) is 41.5 Å². The van der Waals surface area contributed by atoms with E-state index in [1.165, 1.54) is 0 Å². The van der Waals surface area contributed by atoms with Gasteiger partial charge in [0.05, 0.1) is 11.9 Å². The van der Waals surface area contributed by atoms with E-state index in [2.05, 4.69) is 37.6 Å². The zero-order chi connectivity index (χ0) is 20.9. The van der Waals surface area contributed by atoms with Crippen LogP contribution in [0.1, 0.15) is 72.8 Å². The summed E-state index contributed by atoms with van der Waals surface area (Å²) in [5, 5.41) is 15.2. The van der Waals surface area contributed by atoms with Gasteiger partial charge in [0, 0.05) is 31.1 Å². The van der Waals surface area contributed by atoms with Crippen LogP contribution in [0.3, 0.4) is 0 Å². The van der Waals surface area contributed by atoms with E-state index in [1.54, 1.807) is 18.5 Å². The van der Waals surface area contributed by atoms with E-state index >= 15 is 0 Å². The molecule has 1 aliphatic carbocycles. The summed E-state index contributed by atoms with van der Waals surface area (Å²) in [5.74, 6) is 2.30. The number of hydrogen-bond acceptors (Lipinski definition) is 8. The lowest BCUT2D eigenvalue weighted by Gasteiger charge is -2.26. The fraction of sp³-hybridized carbons (Fsp3) is 0.524. The Hall–Kier alpha value is -3.10. The van der Waals surface area contributed by atoms with E-state index in [-0.39, 0.29) is 11.8 Å². The van der Waals surface area contributed by atoms with Crippen LogP contribution in [0.4, 0.5) is 0 Å². The van der Waals surface area contributed by atoms with Crippen molar-refractivity contribution in [3.63, 3.8) is 0 Å². The summed E-state index contributed by atoms with van der Waals surface area (Å²) in [7, 11) is 0. The van der Waals surface area contributed by atoms with Crippen LogP contribution in [-0.4, -0.2) is 37.8 Å². The Morgan fingerprint density at radius 1 is 1.17 bits per heavy atom. The van der Waals surface area contributed by atoms with Crippen LogP contribution in [0.5, 0.6) is 0 Å².